The van der Waals surface area contributed by atoms with Crippen LogP contribution in [0.3, 0.4) is 0 Å². The summed E-state index contributed by atoms with van der Waals surface area (Å²) in [5.41, 5.74) is 6.38. The first-order valence-corrected chi connectivity index (χ1v) is 5.97. The Morgan fingerprint density at radius 3 is 2.83 bits per heavy atom. The van der Waals surface area contributed by atoms with Gasteiger partial charge in [0.05, 0.1) is 26.9 Å². The predicted octanol–water partition coefficient (Wildman–Crippen LogP) is 1.47. The maximum atomic E-state index is 5.78. The molecule has 18 heavy (non-hydrogen) atoms. The molecule has 0 aliphatic carbocycles. The smallest absolute Gasteiger partial charge is 0.187 e. The zero-order chi connectivity index (χ0) is 13.0. The molecule has 0 spiro atoms. The third kappa shape index (κ3) is 2.75. The molecule has 1 saturated heterocycles. The number of nitrogens with two attached hydrogens (primary N) is 1. The van der Waals surface area contributed by atoms with Crippen LogP contribution < -0.4 is 15.2 Å². The molecule has 2 unspecified atom stereocenters. The van der Waals surface area contributed by atoms with Crippen molar-refractivity contribution in [1.82, 2.24) is 0 Å². The Morgan fingerprint density at radius 2 is 2.17 bits per heavy atom. The van der Waals surface area contributed by atoms with Crippen LogP contribution in [0.1, 0.15) is 18.3 Å². The minimum Gasteiger partial charge on any atom is -0.497 e. The molecule has 1 aliphatic heterocycles. The highest BCUT2D eigenvalue weighted by Gasteiger charge is 2.29. The molecule has 0 bridgehead atoms. The van der Waals surface area contributed by atoms with Gasteiger partial charge in [-0.1, -0.05) is 0 Å². The van der Waals surface area contributed by atoms with Crippen LogP contribution in [0, 0.1) is 0 Å². The van der Waals surface area contributed by atoms with Gasteiger partial charge >= 0.3 is 0 Å². The average molecular weight is 253 g/mol. The van der Waals surface area contributed by atoms with Gasteiger partial charge < -0.3 is 24.7 Å². The fraction of sp³-hybridized carbons (Fsp3) is 0.538. The summed E-state index contributed by atoms with van der Waals surface area (Å²) in [6.45, 7) is 1.16. The summed E-state index contributed by atoms with van der Waals surface area (Å²) in [6.07, 6.45) is 0.476. The van der Waals surface area contributed by atoms with Crippen LogP contribution in [0.25, 0.3) is 0 Å². The first-order chi connectivity index (χ1) is 8.78. The van der Waals surface area contributed by atoms with Gasteiger partial charge in [0.25, 0.3) is 0 Å². The van der Waals surface area contributed by atoms with E-state index in [9.17, 15) is 0 Å². The quantitative estimate of drug-likeness (QED) is 0.861. The van der Waals surface area contributed by atoms with Crippen molar-refractivity contribution in [2.45, 2.75) is 18.8 Å². The fourth-order valence-electron chi connectivity index (χ4n) is 1.96. The molecule has 2 rings (SSSR count). The summed E-state index contributed by atoms with van der Waals surface area (Å²) in [7, 11) is 3.24. The van der Waals surface area contributed by atoms with Crippen LogP contribution in [0.2, 0.25) is 0 Å². The third-order valence-electron chi connectivity index (χ3n) is 2.93. The minimum atomic E-state index is -0.387. The number of methoxy groups -OCH3 is 2. The van der Waals surface area contributed by atoms with E-state index in [-0.39, 0.29) is 12.4 Å². The molecule has 5 heteroatoms. The van der Waals surface area contributed by atoms with Crippen LogP contribution in [0.4, 0.5) is 0 Å². The maximum absolute atomic E-state index is 5.78. The Labute approximate surface area is 107 Å². The lowest BCUT2D eigenvalue weighted by Gasteiger charge is -2.15. The molecule has 1 aromatic rings. The van der Waals surface area contributed by atoms with E-state index in [0.717, 1.165) is 17.7 Å². The molecule has 0 saturated carbocycles. The van der Waals surface area contributed by atoms with Crippen molar-refractivity contribution in [2.24, 2.45) is 5.73 Å². The van der Waals surface area contributed by atoms with Crippen molar-refractivity contribution < 1.29 is 18.9 Å². The summed E-state index contributed by atoms with van der Waals surface area (Å²) in [5.74, 6) is 1.44. The summed E-state index contributed by atoms with van der Waals surface area (Å²) in [4.78, 5) is 0. The van der Waals surface area contributed by atoms with Gasteiger partial charge in [0.2, 0.25) is 0 Å². The highest BCUT2D eigenvalue weighted by Crippen LogP contribution is 2.35. The molecule has 5 nitrogen and oxygen atoms in total. The van der Waals surface area contributed by atoms with E-state index in [1.807, 2.05) is 18.2 Å². The van der Waals surface area contributed by atoms with E-state index < -0.39 is 0 Å². The Balaban J connectivity index is 2.13. The predicted molar refractivity (Wildman–Crippen MR) is 66.8 cm³/mol. The van der Waals surface area contributed by atoms with Gasteiger partial charge in [-0.2, -0.15) is 0 Å². The molecule has 100 valence electrons. The number of benzene rings is 1. The summed E-state index contributed by atoms with van der Waals surface area (Å²) in [5, 5.41) is 0. The zero-order valence-corrected chi connectivity index (χ0v) is 10.7. The molecule has 1 heterocycles. The first kappa shape index (κ1) is 13.1. The Bertz CT molecular complexity index is 397. The largest absolute Gasteiger partial charge is 0.497 e. The molecule has 1 aliphatic rings. The zero-order valence-electron chi connectivity index (χ0n) is 10.7. The second-order valence-corrected chi connectivity index (χ2v) is 4.11. The van der Waals surface area contributed by atoms with Crippen molar-refractivity contribution in [1.29, 1.82) is 0 Å². The summed E-state index contributed by atoms with van der Waals surface area (Å²) >= 11 is 0. The molecule has 2 atom stereocenters. The SMILES string of the molecule is COc1ccc(C2OCC(CCN)O2)c(OC)c1. The van der Waals surface area contributed by atoms with Gasteiger partial charge in [0.15, 0.2) is 6.29 Å². The molecule has 0 radical (unpaired) electrons. The van der Waals surface area contributed by atoms with Gasteiger partial charge in [-0.05, 0) is 25.1 Å². The van der Waals surface area contributed by atoms with E-state index >= 15 is 0 Å². The van der Waals surface area contributed by atoms with Crippen LogP contribution in [-0.4, -0.2) is 33.5 Å². The van der Waals surface area contributed by atoms with Crippen LogP contribution in [-0.2, 0) is 9.47 Å². The standard InChI is InChI=1S/C13H19NO4/c1-15-9-3-4-11(12(7-9)16-2)13-17-8-10(18-13)5-6-14/h3-4,7,10,13H,5-6,8,14H2,1-2H3. The van der Waals surface area contributed by atoms with Gasteiger partial charge in [-0.25, -0.2) is 0 Å². The van der Waals surface area contributed by atoms with Crippen molar-refractivity contribution in [2.75, 3.05) is 27.4 Å². The minimum absolute atomic E-state index is 0.0619. The van der Waals surface area contributed by atoms with Crippen LogP contribution in [0.15, 0.2) is 18.2 Å². The van der Waals surface area contributed by atoms with Gasteiger partial charge in [0.1, 0.15) is 11.5 Å². The molecule has 2 N–H and O–H groups in total. The Hall–Kier alpha value is -1.30. The normalized spacial score (nSPS) is 23.1. The lowest BCUT2D eigenvalue weighted by molar-refractivity contribution is -0.0619. The molecular formula is C13H19NO4. The lowest BCUT2D eigenvalue weighted by atomic mass is 10.2. The van der Waals surface area contributed by atoms with Crippen molar-refractivity contribution in [3.8, 4) is 11.5 Å². The summed E-state index contributed by atoms with van der Waals surface area (Å²) < 4.78 is 21.9. The van der Waals surface area contributed by atoms with Crippen LogP contribution >= 0.6 is 0 Å². The highest BCUT2D eigenvalue weighted by atomic mass is 16.7. The summed E-state index contributed by atoms with van der Waals surface area (Å²) in [6, 6.07) is 5.58. The Morgan fingerprint density at radius 1 is 1.33 bits per heavy atom. The van der Waals surface area contributed by atoms with Crippen molar-refractivity contribution in [3.05, 3.63) is 23.8 Å². The topological polar surface area (TPSA) is 62.9 Å². The molecular weight excluding hydrogens is 234 g/mol. The van der Waals surface area contributed by atoms with E-state index in [1.165, 1.54) is 0 Å². The monoisotopic (exact) mass is 253 g/mol. The van der Waals surface area contributed by atoms with E-state index in [0.29, 0.717) is 18.9 Å². The van der Waals surface area contributed by atoms with E-state index in [2.05, 4.69) is 0 Å². The second kappa shape index (κ2) is 6.04. The van der Waals surface area contributed by atoms with Gasteiger partial charge in [-0.3, -0.25) is 0 Å². The Kier molecular flexibility index (Phi) is 4.41. The van der Waals surface area contributed by atoms with Crippen molar-refractivity contribution in [3.63, 3.8) is 0 Å². The number of hydrogen-bond donors (Lipinski definition) is 1. The molecule has 0 amide bonds. The van der Waals surface area contributed by atoms with E-state index in [1.54, 1.807) is 14.2 Å². The molecule has 1 fully saturated rings. The fourth-order valence-corrected chi connectivity index (χ4v) is 1.96. The van der Waals surface area contributed by atoms with Gasteiger partial charge in [0, 0.05) is 11.6 Å². The molecule has 0 aromatic heterocycles. The molecule has 1 aromatic carbocycles. The highest BCUT2D eigenvalue weighted by molar-refractivity contribution is 5.41. The average Bonchev–Trinajstić information content (AvgIpc) is 2.87. The maximum Gasteiger partial charge on any atom is 0.187 e. The number of ether oxygens (including phenoxy) is 4. The van der Waals surface area contributed by atoms with Crippen molar-refractivity contribution >= 4 is 0 Å². The van der Waals surface area contributed by atoms with E-state index in [4.69, 9.17) is 24.7 Å². The second-order valence-electron chi connectivity index (χ2n) is 4.11. The first-order valence-electron chi connectivity index (χ1n) is 5.97. The number of hydrogen-bond acceptors (Lipinski definition) is 5. The number of rotatable bonds is 5. The lowest BCUT2D eigenvalue weighted by Crippen LogP contribution is -2.15. The van der Waals surface area contributed by atoms with Gasteiger partial charge in [-0.15, -0.1) is 0 Å². The van der Waals surface area contributed by atoms with Crippen LogP contribution in [0.5, 0.6) is 11.5 Å². The third-order valence-corrected chi connectivity index (χ3v) is 2.93.